The van der Waals surface area contributed by atoms with E-state index in [1.807, 2.05) is 30.0 Å². The lowest BCUT2D eigenvalue weighted by molar-refractivity contribution is -0.130. The van der Waals surface area contributed by atoms with Gasteiger partial charge in [0.25, 0.3) is 0 Å². The lowest BCUT2D eigenvalue weighted by Crippen LogP contribution is -2.47. The molecule has 1 fully saturated rings. The summed E-state index contributed by atoms with van der Waals surface area (Å²) in [4.78, 5) is 32.3. The van der Waals surface area contributed by atoms with Crippen LogP contribution in [-0.4, -0.2) is 91.8 Å². The highest BCUT2D eigenvalue weighted by molar-refractivity contribution is 5.96. The second-order valence-corrected chi connectivity index (χ2v) is 10.3. The highest BCUT2D eigenvalue weighted by Gasteiger charge is 2.18. The summed E-state index contributed by atoms with van der Waals surface area (Å²) < 4.78 is 11.3. The van der Waals surface area contributed by atoms with Crippen LogP contribution in [0.15, 0.2) is 47.5 Å². The van der Waals surface area contributed by atoms with E-state index in [0.717, 1.165) is 61.6 Å². The molecule has 1 atom stereocenters. The number of amides is 2. The zero-order chi connectivity index (χ0) is 29.6. The molecule has 0 radical (unpaired) electrons. The number of rotatable bonds is 14. The minimum Gasteiger partial charge on any atom is -0.493 e. The highest BCUT2D eigenvalue weighted by atomic mass is 16.5. The van der Waals surface area contributed by atoms with Gasteiger partial charge in [0.05, 0.1) is 19.3 Å². The number of aliphatic hydroxyl groups excluding tert-OH is 1. The van der Waals surface area contributed by atoms with Gasteiger partial charge in [0.15, 0.2) is 5.96 Å². The number of aliphatic imine (C=N–C) groups is 1. The molecule has 0 bridgehead atoms. The van der Waals surface area contributed by atoms with Gasteiger partial charge in [-0.25, -0.2) is 0 Å². The summed E-state index contributed by atoms with van der Waals surface area (Å²) in [5.41, 5.74) is 10.0. The van der Waals surface area contributed by atoms with E-state index >= 15 is 0 Å². The van der Waals surface area contributed by atoms with E-state index in [4.69, 9.17) is 15.2 Å². The summed E-state index contributed by atoms with van der Waals surface area (Å²) >= 11 is 0. The van der Waals surface area contributed by atoms with Crippen LogP contribution in [0.1, 0.15) is 44.2 Å². The number of hydrogen-bond acceptors (Lipinski definition) is 7. The van der Waals surface area contributed by atoms with Crippen molar-refractivity contribution >= 4 is 17.8 Å². The minimum atomic E-state index is -0.572. The zero-order valence-corrected chi connectivity index (χ0v) is 24.6. The maximum Gasteiger partial charge on any atom is 0.226 e. The predicted molar refractivity (Wildman–Crippen MR) is 161 cm³/mol. The zero-order valence-electron chi connectivity index (χ0n) is 24.6. The molecule has 2 amide bonds. The molecular formula is C31H45N5O5. The number of nitrogens with zero attached hydrogens (tertiary/aromatic N) is 3. The van der Waals surface area contributed by atoms with Gasteiger partial charge in [-0.2, -0.15) is 0 Å². The van der Waals surface area contributed by atoms with Gasteiger partial charge in [-0.15, -0.1) is 0 Å². The summed E-state index contributed by atoms with van der Waals surface area (Å²) in [5.74, 6) is 0.688. The molecule has 1 unspecified atom stereocenters. The number of benzene rings is 2. The van der Waals surface area contributed by atoms with Crippen molar-refractivity contribution in [3.8, 4) is 16.9 Å². The van der Waals surface area contributed by atoms with Gasteiger partial charge >= 0.3 is 0 Å². The van der Waals surface area contributed by atoms with E-state index in [1.54, 1.807) is 14.0 Å². The van der Waals surface area contributed by atoms with Crippen molar-refractivity contribution in [3.05, 3.63) is 53.6 Å². The van der Waals surface area contributed by atoms with Crippen LogP contribution in [0.2, 0.25) is 0 Å². The molecule has 1 heterocycles. The van der Waals surface area contributed by atoms with Crippen LogP contribution in [0.25, 0.3) is 11.1 Å². The summed E-state index contributed by atoms with van der Waals surface area (Å²) in [6.45, 7) is 8.92. The van der Waals surface area contributed by atoms with Crippen LogP contribution >= 0.6 is 0 Å². The van der Waals surface area contributed by atoms with Gasteiger partial charge in [0.2, 0.25) is 11.8 Å². The number of carbonyl (C=O) groups excluding carboxylic acids is 2. The number of nitrogens with two attached hydrogens (primary N) is 1. The van der Waals surface area contributed by atoms with Gasteiger partial charge in [-0.3, -0.25) is 24.8 Å². The Morgan fingerprint density at radius 2 is 1.78 bits per heavy atom. The first-order valence-corrected chi connectivity index (χ1v) is 14.4. The van der Waals surface area contributed by atoms with Crippen molar-refractivity contribution in [2.24, 2.45) is 10.7 Å². The van der Waals surface area contributed by atoms with Crippen LogP contribution in [-0.2, 0) is 27.3 Å². The van der Waals surface area contributed by atoms with Gasteiger partial charge in [0, 0.05) is 71.8 Å². The predicted octanol–water partition coefficient (Wildman–Crippen LogP) is 2.57. The summed E-state index contributed by atoms with van der Waals surface area (Å²) in [5, 5.41) is 12.2. The third-order valence-electron chi connectivity index (χ3n) is 7.14. The molecule has 1 aliphatic heterocycles. The first-order chi connectivity index (χ1) is 19.8. The monoisotopic (exact) mass is 567 g/mol. The second kappa shape index (κ2) is 16.7. The van der Waals surface area contributed by atoms with Gasteiger partial charge in [-0.1, -0.05) is 43.3 Å². The quantitative estimate of drug-likeness (QED) is 0.182. The third-order valence-corrected chi connectivity index (χ3v) is 7.14. The molecule has 2 aromatic carbocycles. The molecule has 0 aromatic heterocycles. The molecule has 1 aliphatic rings. The first kappa shape index (κ1) is 32.0. The number of nitrogens with one attached hydrogen (secondary N) is 1. The molecule has 10 heteroatoms. The Kier molecular flexibility index (Phi) is 13.1. The van der Waals surface area contributed by atoms with Gasteiger partial charge in [-0.05, 0) is 35.6 Å². The number of aliphatic hydroxyl groups is 1. The van der Waals surface area contributed by atoms with Crippen molar-refractivity contribution in [3.63, 3.8) is 0 Å². The topological polar surface area (TPSA) is 130 Å². The molecule has 0 spiro atoms. The van der Waals surface area contributed by atoms with Crippen LogP contribution < -0.4 is 15.8 Å². The standard InChI is InChI=1S/C31H45N5O5/c1-4-27(38)21-33-31(32)34-30(39)13-9-24-8-12-28(29(20-24)41-19-5-18-40-3)26-10-6-25(7-11-26)22-35-14-16-36(17-15-35)23(2)37/h6-8,10-12,20,27,38H,4-5,9,13-19,21-22H2,1-3H3,(H3,32,33,34,39). The van der Waals surface area contributed by atoms with Crippen molar-refractivity contribution in [2.45, 2.75) is 52.2 Å². The number of carbonyl (C=O) groups is 2. The number of methoxy groups -OCH3 is 1. The summed E-state index contributed by atoms with van der Waals surface area (Å²) in [6, 6.07) is 14.6. The fraction of sp³-hybridized carbons (Fsp3) is 0.516. The lowest BCUT2D eigenvalue weighted by Gasteiger charge is -2.34. The third kappa shape index (κ3) is 10.8. The van der Waals surface area contributed by atoms with Gasteiger partial charge in [0.1, 0.15) is 5.75 Å². The number of hydrogen-bond donors (Lipinski definition) is 3. The Morgan fingerprint density at radius 1 is 1.07 bits per heavy atom. The fourth-order valence-corrected chi connectivity index (χ4v) is 4.57. The summed E-state index contributed by atoms with van der Waals surface area (Å²) in [6.07, 6.45) is 1.52. The van der Waals surface area contributed by atoms with Crippen molar-refractivity contribution in [2.75, 3.05) is 53.0 Å². The molecule has 10 nitrogen and oxygen atoms in total. The van der Waals surface area contributed by atoms with E-state index < -0.39 is 6.10 Å². The Bertz CT molecular complexity index is 1150. The number of guanidine groups is 1. The minimum absolute atomic E-state index is 0.0155. The SMILES string of the molecule is CCC(O)CN=C(N)NC(=O)CCc1ccc(-c2ccc(CN3CCN(C(C)=O)CC3)cc2)c(OCCCOC)c1. The van der Waals surface area contributed by atoms with Crippen LogP contribution in [0.5, 0.6) is 5.75 Å². The Morgan fingerprint density at radius 3 is 2.44 bits per heavy atom. The molecule has 0 aliphatic carbocycles. The lowest BCUT2D eigenvalue weighted by atomic mass is 9.99. The number of aryl methyl sites for hydroxylation is 1. The highest BCUT2D eigenvalue weighted by Crippen LogP contribution is 2.32. The Labute approximate surface area is 243 Å². The largest absolute Gasteiger partial charge is 0.493 e. The van der Waals surface area contributed by atoms with Crippen molar-refractivity contribution in [1.82, 2.24) is 15.1 Å². The van der Waals surface area contributed by atoms with E-state index in [9.17, 15) is 14.7 Å². The van der Waals surface area contributed by atoms with Crippen molar-refractivity contribution in [1.29, 1.82) is 0 Å². The molecule has 3 rings (SSSR count). The maximum atomic E-state index is 12.4. The summed E-state index contributed by atoms with van der Waals surface area (Å²) in [7, 11) is 1.67. The van der Waals surface area contributed by atoms with E-state index in [-0.39, 0.29) is 30.7 Å². The van der Waals surface area contributed by atoms with Crippen molar-refractivity contribution < 1.29 is 24.2 Å². The van der Waals surface area contributed by atoms with Crippen LogP contribution in [0, 0.1) is 0 Å². The molecule has 1 saturated heterocycles. The number of piperazine rings is 1. The van der Waals surface area contributed by atoms with E-state index in [0.29, 0.717) is 26.1 Å². The van der Waals surface area contributed by atoms with E-state index in [1.165, 1.54) is 5.56 Å². The van der Waals surface area contributed by atoms with Gasteiger partial charge < -0.3 is 25.2 Å². The molecule has 41 heavy (non-hydrogen) atoms. The fourth-order valence-electron chi connectivity index (χ4n) is 4.57. The Hall–Kier alpha value is -3.47. The smallest absolute Gasteiger partial charge is 0.226 e. The second-order valence-electron chi connectivity index (χ2n) is 10.3. The molecule has 224 valence electrons. The van der Waals surface area contributed by atoms with Crippen LogP contribution in [0.4, 0.5) is 0 Å². The molecule has 0 saturated carbocycles. The Balaban J connectivity index is 1.63. The molecule has 2 aromatic rings. The normalized spacial score (nSPS) is 15.0. The van der Waals surface area contributed by atoms with Crippen LogP contribution in [0.3, 0.4) is 0 Å². The molecule has 4 N–H and O–H groups in total. The average molecular weight is 568 g/mol. The first-order valence-electron chi connectivity index (χ1n) is 14.4. The maximum absolute atomic E-state index is 12.4. The van der Waals surface area contributed by atoms with E-state index in [2.05, 4.69) is 39.5 Å². The number of ether oxygens (including phenoxy) is 2. The average Bonchev–Trinajstić information content (AvgIpc) is 2.98. The molecular weight excluding hydrogens is 522 g/mol.